The molecule has 0 saturated carbocycles. The summed E-state index contributed by atoms with van der Waals surface area (Å²) in [4.78, 5) is 11.3. The summed E-state index contributed by atoms with van der Waals surface area (Å²) in [6, 6.07) is 14.6. The average molecular weight is 286 g/mol. The first-order valence-corrected chi connectivity index (χ1v) is 6.76. The minimum atomic E-state index is -0.358. The maximum atomic E-state index is 11.3. The van der Waals surface area contributed by atoms with Crippen LogP contribution < -0.4 is 9.47 Å². The molecule has 0 saturated heterocycles. The second kappa shape index (κ2) is 7.33. The Bertz CT molecular complexity index is 590. The Balaban J connectivity index is 2.01. The van der Waals surface area contributed by atoms with Crippen LogP contribution in [0.3, 0.4) is 0 Å². The largest absolute Gasteiger partial charge is 0.493 e. The maximum absolute atomic E-state index is 11.3. The van der Waals surface area contributed by atoms with Crippen LogP contribution in [0.5, 0.6) is 11.5 Å². The molecule has 0 aliphatic heterocycles. The Labute approximate surface area is 124 Å². The van der Waals surface area contributed by atoms with Crippen LogP contribution in [0, 0.1) is 0 Å². The van der Waals surface area contributed by atoms with Crippen molar-refractivity contribution in [2.75, 3.05) is 13.7 Å². The zero-order valence-corrected chi connectivity index (χ0v) is 12.2. The van der Waals surface area contributed by atoms with Crippen molar-refractivity contribution in [1.29, 1.82) is 0 Å². The Kier molecular flexibility index (Phi) is 5.21. The van der Waals surface area contributed by atoms with Gasteiger partial charge in [0.1, 0.15) is 18.1 Å². The Morgan fingerprint density at radius 1 is 1.00 bits per heavy atom. The molecule has 110 valence electrons. The third-order valence-electron chi connectivity index (χ3n) is 2.94. The number of ether oxygens (including phenoxy) is 3. The van der Waals surface area contributed by atoms with E-state index in [2.05, 4.69) is 4.74 Å². The Morgan fingerprint density at radius 2 is 1.71 bits per heavy atom. The van der Waals surface area contributed by atoms with Crippen LogP contribution in [0.25, 0.3) is 0 Å². The van der Waals surface area contributed by atoms with E-state index in [0.717, 1.165) is 11.3 Å². The fourth-order valence-electron chi connectivity index (χ4n) is 1.89. The summed E-state index contributed by atoms with van der Waals surface area (Å²) in [6.45, 7) is 2.97. The minimum Gasteiger partial charge on any atom is -0.493 e. The van der Waals surface area contributed by atoms with Crippen molar-refractivity contribution < 1.29 is 19.0 Å². The summed E-state index contributed by atoms with van der Waals surface area (Å²) in [5, 5.41) is 0. The van der Waals surface area contributed by atoms with Crippen LogP contribution in [0.4, 0.5) is 0 Å². The highest BCUT2D eigenvalue weighted by Crippen LogP contribution is 2.21. The summed E-state index contributed by atoms with van der Waals surface area (Å²) in [5.41, 5.74) is 1.48. The molecule has 2 rings (SSSR count). The fraction of sp³-hybridized carbons (Fsp3) is 0.235. The van der Waals surface area contributed by atoms with Crippen LogP contribution in [-0.4, -0.2) is 19.7 Å². The molecule has 0 heterocycles. The first kappa shape index (κ1) is 14.9. The second-order valence-corrected chi connectivity index (χ2v) is 4.35. The van der Waals surface area contributed by atoms with Gasteiger partial charge in [-0.25, -0.2) is 4.79 Å². The van der Waals surface area contributed by atoms with E-state index in [9.17, 15) is 4.79 Å². The van der Waals surface area contributed by atoms with Gasteiger partial charge in [0.05, 0.1) is 19.3 Å². The van der Waals surface area contributed by atoms with Gasteiger partial charge in [-0.3, -0.25) is 0 Å². The second-order valence-electron chi connectivity index (χ2n) is 4.35. The van der Waals surface area contributed by atoms with Gasteiger partial charge in [0.2, 0.25) is 0 Å². The molecule has 0 spiro atoms. The van der Waals surface area contributed by atoms with E-state index >= 15 is 0 Å². The third kappa shape index (κ3) is 3.99. The number of hydrogen-bond acceptors (Lipinski definition) is 4. The van der Waals surface area contributed by atoms with E-state index in [0.29, 0.717) is 24.5 Å². The molecule has 4 nitrogen and oxygen atoms in total. The van der Waals surface area contributed by atoms with E-state index in [1.807, 2.05) is 31.2 Å². The summed E-state index contributed by atoms with van der Waals surface area (Å²) in [7, 11) is 1.36. The van der Waals surface area contributed by atoms with Crippen LogP contribution >= 0.6 is 0 Å². The van der Waals surface area contributed by atoms with Crippen molar-refractivity contribution in [3.63, 3.8) is 0 Å². The van der Waals surface area contributed by atoms with E-state index < -0.39 is 0 Å². The lowest BCUT2D eigenvalue weighted by molar-refractivity contribution is 0.0600. The van der Waals surface area contributed by atoms with Gasteiger partial charge < -0.3 is 14.2 Å². The molecule has 2 aromatic rings. The van der Waals surface area contributed by atoms with Crippen LogP contribution in [-0.2, 0) is 11.3 Å². The predicted octanol–water partition coefficient (Wildman–Crippen LogP) is 3.45. The van der Waals surface area contributed by atoms with Crippen molar-refractivity contribution in [1.82, 2.24) is 0 Å². The molecule has 4 heteroatoms. The molecular weight excluding hydrogens is 268 g/mol. The number of methoxy groups -OCH3 is 1. The molecule has 0 N–H and O–H groups in total. The van der Waals surface area contributed by atoms with E-state index in [1.54, 1.807) is 24.3 Å². The van der Waals surface area contributed by atoms with Gasteiger partial charge in [0.25, 0.3) is 0 Å². The predicted molar refractivity (Wildman–Crippen MR) is 79.7 cm³/mol. The highest BCUT2D eigenvalue weighted by Gasteiger charge is 2.06. The van der Waals surface area contributed by atoms with Crippen molar-refractivity contribution in [3.05, 3.63) is 59.7 Å². The highest BCUT2D eigenvalue weighted by molar-refractivity contribution is 5.89. The SMILES string of the molecule is CCOc1ccccc1COc1ccc(C(=O)OC)cc1. The zero-order chi connectivity index (χ0) is 15.1. The van der Waals surface area contributed by atoms with Gasteiger partial charge in [0, 0.05) is 5.56 Å². The molecule has 0 radical (unpaired) electrons. The lowest BCUT2D eigenvalue weighted by atomic mass is 10.2. The maximum Gasteiger partial charge on any atom is 0.337 e. The molecule has 0 unspecified atom stereocenters. The number of esters is 1. The zero-order valence-electron chi connectivity index (χ0n) is 12.2. The summed E-state index contributed by atoms with van der Waals surface area (Å²) >= 11 is 0. The van der Waals surface area contributed by atoms with Crippen molar-refractivity contribution in [2.24, 2.45) is 0 Å². The quantitative estimate of drug-likeness (QED) is 0.763. The topological polar surface area (TPSA) is 44.8 Å². The van der Waals surface area contributed by atoms with E-state index in [1.165, 1.54) is 7.11 Å². The normalized spacial score (nSPS) is 10.0. The molecule has 0 aromatic heterocycles. The summed E-state index contributed by atoms with van der Waals surface area (Å²) < 4.78 is 15.9. The lowest BCUT2D eigenvalue weighted by Crippen LogP contribution is -2.02. The number of para-hydroxylation sites is 1. The fourth-order valence-corrected chi connectivity index (χ4v) is 1.89. The van der Waals surface area contributed by atoms with Crippen molar-refractivity contribution in [2.45, 2.75) is 13.5 Å². The number of hydrogen-bond donors (Lipinski definition) is 0. The van der Waals surface area contributed by atoms with Crippen LogP contribution in [0.1, 0.15) is 22.8 Å². The van der Waals surface area contributed by atoms with Gasteiger partial charge in [-0.2, -0.15) is 0 Å². The molecule has 0 aliphatic carbocycles. The Hall–Kier alpha value is -2.49. The van der Waals surface area contributed by atoms with Crippen molar-refractivity contribution >= 4 is 5.97 Å². The number of rotatable bonds is 6. The number of carbonyl (C=O) groups excluding carboxylic acids is 1. The van der Waals surface area contributed by atoms with Crippen LogP contribution in [0.2, 0.25) is 0 Å². The smallest absolute Gasteiger partial charge is 0.337 e. The number of benzene rings is 2. The third-order valence-corrected chi connectivity index (χ3v) is 2.94. The Morgan fingerprint density at radius 3 is 2.38 bits per heavy atom. The number of carbonyl (C=O) groups is 1. The summed E-state index contributed by atoms with van der Waals surface area (Å²) in [6.07, 6.45) is 0. The summed E-state index contributed by atoms with van der Waals surface area (Å²) in [5.74, 6) is 1.16. The minimum absolute atomic E-state index is 0.358. The molecule has 0 bridgehead atoms. The van der Waals surface area contributed by atoms with Gasteiger partial charge in [-0.15, -0.1) is 0 Å². The molecule has 0 amide bonds. The molecular formula is C17H18O4. The molecule has 0 fully saturated rings. The molecule has 0 atom stereocenters. The van der Waals surface area contributed by atoms with Gasteiger partial charge in [-0.05, 0) is 37.3 Å². The van der Waals surface area contributed by atoms with Gasteiger partial charge in [-0.1, -0.05) is 18.2 Å². The van der Waals surface area contributed by atoms with Gasteiger partial charge in [0.15, 0.2) is 0 Å². The van der Waals surface area contributed by atoms with E-state index in [-0.39, 0.29) is 5.97 Å². The van der Waals surface area contributed by atoms with E-state index in [4.69, 9.17) is 9.47 Å². The first-order valence-electron chi connectivity index (χ1n) is 6.76. The molecule has 21 heavy (non-hydrogen) atoms. The molecule has 2 aromatic carbocycles. The molecule has 0 aliphatic rings. The van der Waals surface area contributed by atoms with Gasteiger partial charge >= 0.3 is 5.97 Å². The standard InChI is InChI=1S/C17H18O4/c1-3-20-16-7-5-4-6-14(16)12-21-15-10-8-13(9-11-15)17(18)19-2/h4-11H,3,12H2,1-2H3. The highest BCUT2D eigenvalue weighted by atomic mass is 16.5. The van der Waals surface area contributed by atoms with Crippen LogP contribution in [0.15, 0.2) is 48.5 Å². The lowest BCUT2D eigenvalue weighted by Gasteiger charge is -2.11. The van der Waals surface area contributed by atoms with Crippen molar-refractivity contribution in [3.8, 4) is 11.5 Å². The first-order chi connectivity index (χ1) is 10.2. The average Bonchev–Trinajstić information content (AvgIpc) is 2.54. The monoisotopic (exact) mass is 286 g/mol.